The first kappa shape index (κ1) is 17.0. The van der Waals surface area contributed by atoms with E-state index in [2.05, 4.69) is 27.5 Å². The van der Waals surface area contributed by atoms with Crippen LogP contribution in [0.15, 0.2) is 6.20 Å². The number of hydrogen-bond donors (Lipinski definition) is 3. The number of methoxy groups -OCH3 is 1. The number of anilines is 2. The Morgan fingerprint density at radius 1 is 1.21 bits per heavy atom. The number of carbonyl (C=O) groups is 1. The molecule has 24 heavy (non-hydrogen) atoms. The topological polar surface area (TPSA) is 102 Å². The van der Waals surface area contributed by atoms with E-state index in [0.717, 1.165) is 44.4 Å². The summed E-state index contributed by atoms with van der Waals surface area (Å²) >= 11 is 0. The minimum Gasteiger partial charge on any atom is -0.381 e. The van der Waals surface area contributed by atoms with E-state index in [4.69, 9.17) is 10.5 Å². The van der Waals surface area contributed by atoms with Crippen molar-refractivity contribution in [3.63, 3.8) is 0 Å². The zero-order chi connectivity index (χ0) is 17.1. The molecule has 0 atom stereocenters. The lowest BCUT2D eigenvalue weighted by molar-refractivity contribution is 0.0681. The van der Waals surface area contributed by atoms with Gasteiger partial charge in [-0.2, -0.15) is 4.98 Å². The monoisotopic (exact) mass is 333 g/mol. The standard InChI is InChI=1S/C17H27N5O2/c1-10-7-12(8-10)20-16-14(15(18)23)9-19-17(22-16)21-11-3-5-13(24-2)6-4-11/h9-13H,3-8H2,1-2H3,(H2,18,23)(H2,19,20,21,22)/t10-,11-,12+,13-. The number of nitrogens with zero attached hydrogens (tertiary/aromatic N) is 2. The lowest BCUT2D eigenvalue weighted by atomic mass is 9.82. The van der Waals surface area contributed by atoms with Crippen LogP contribution in [0.3, 0.4) is 0 Å². The third kappa shape index (κ3) is 3.95. The van der Waals surface area contributed by atoms with Crippen LogP contribution in [0.25, 0.3) is 0 Å². The SMILES string of the molecule is CO[C@H]1CC[C@H](Nc2ncc(C(N)=O)c(N[C@H]3C[C@@H](C)C3)n2)CC1. The van der Waals surface area contributed by atoms with Gasteiger partial charge in [0.1, 0.15) is 5.82 Å². The summed E-state index contributed by atoms with van der Waals surface area (Å²) in [5, 5.41) is 6.72. The molecule has 2 saturated carbocycles. The summed E-state index contributed by atoms with van der Waals surface area (Å²) in [5.41, 5.74) is 5.80. The first-order valence-electron chi connectivity index (χ1n) is 8.78. The van der Waals surface area contributed by atoms with Gasteiger partial charge in [0.05, 0.1) is 11.7 Å². The Morgan fingerprint density at radius 3 is 2.50 bits per heavy atom. The van der Waals surface area contributed by atoms with E-state index in [0.29, 0.717) is 35.5 Å². The van der Waals surface area contributed by atoms with Gasteiger partial charge in [-0.15, -0.1) is 0 Å². The summed E-state index contributed by atoms with van der Waals surface area (Å²) in [6.45, 7) is 2.22. The number of nitrogens with one attached hydrogen (secondary N) is 2. The molecule has 1 heterocycles. The van der Waals surface area contributed by atoms with Gasteiger partial charge in [-0.25, -0.2) is 4.98 Å². The zero-order valence-electron chi connectivity index (χ0n) is 14.4. The average Bonchev–Trinajstić information content (AvgIpc) is 2.54. The van der Waals surface area contributed by atoms with Crippen molar-refractivity contribution in [3.8, 4) is 0 Å². The van der Waals surface area contributed by atoms with Crippen LogP contribution in [0, 0.1) is 5.92 Å². The van der Waals surface area contributed by atoms with Gasteiger partial charge in [0.25, 0.3) is 5.91 Å². The number of nitrogens with two attached hydrogens (primary N) is 1. The maximum absolute atomic E-state index is 11.6. The highest BCUT2D eigenvalue weighted by Crippen LogP contribution is 2.30. The maximum Gasteiger partial charge on any atom is 0.254 e. The summed E-state index contributed by atoms with van der Waals surface area (Å²) in [4.78, 5) is 20.4. The molecular weight excluding hydrogens is 306 g/mol. The molecular formula is C17H27N5O2. The van der Waals surface area contributed by atoms with E-state index in [9.17, 15) is 4.79 Å². The Morgan fingerprint density at radius 2 is 1.92 bits per heavy atom. The Kier molecular flexibility index (Phi) is 5.18. The molecule has 7 nitrogen and oxygen atoms in total. The third-order valence-electron chi connectivity index (χ3n) is 5.11. The summed E-state index contributed by atoms with van der Waals surface area (Å²) in [5.74, 6) is 1.31. The van der Waals surface area contributed by atoms with Gasteiger partial charge in [0.2, 0.25) is 5.95 Å². The molecule has 1 aromatic rings. The van der Waals surface area contributed by atoms with E-state index in [1.807, 2.05) is 0 Å². The Hall–Kier alpha value is -1.89. The normalized spacial score (nSPS) is 29.6. The molecule has 7 heteroatoms. The molecule has 4 N–H and O–H groups in total. The molecule has 2 aliphatic carbocycles. The average molecular weight is 333 g/mol. The lowest BCUT2D eigenvalue weighted by Crippen LogP contribution is -2.35. The number of aromatic nitrogens is 2. The molecule has 1 aromatic heterocycles. The Labute approximate surface area is 142 Å². The number of primary amides is 1. The van der Waals surface area contributed by atoms with E-state index >= 15 is 0 Å². The molecule has 2 fully saturated rings. The zero-order valence-corrected chi connectivity index (χ0v) is 14.4. The highest BCUT2D eigenvalue weighted by atomic mass is 16.5. The Balaban J connectivity index is 1.66. The molecule has 0 unspecified atom stereocenters. The van der Waals surface area contributed by atoms with Gasteiger partial charge < -0.3 is 21.1 Å². The second kappa shape index (κ2) is 7.34. The van der Waals surface area contributed by atoms with Gasteiger partial charge >= 0.3 is 0 Å². The number of ether oxygens (including phenoxy) is 1. The van der Waals surface area contributed by atoms with Crippen molar-refractivity contribution in [3.05, 3.63) is 11.8 Å². The van der Waals surface area contributed by atoms with Gasteiger partial charge in [-0.3, -0.25) is 4.79 Å². The van der Waals surface area contributed by atoms with Crippen molar-refractivity contribution in [1.82, 2.24) is 9.97 Å². The van der Waals surface area contributed by atoms with Crippen LogP contribution in [-0.2, 0) is 4.74 Å². The molecule has 0 bridgehead atoms. The van der Waals surface area contributed by atoms with Crippen LogP contribution < -0.4 is 16.4 Å². The highest BCUT2D eigenvalue weighted by molar-refractivity contribution is 5.97. The van der Waals surface area contributed by atoms with Crippen LogP contribution >= 0.6 is 0 Å². The second-order valence-electron chi connectivity index (χ2n) is 7.09. The predicted molar refractivity (Wildman–Crippen MR) is 93.0 cm³/mol. The third-order valence-corrected chi connectivity index (χ3v) is 5.11. The summed E-state index contributed by atoms with van der Waals surface area (Å²) < 4.78 is 5.40. The number of hydrogen-bond acceptors (Lipinski definition) is 6. The molecule has 1 amide bonds. The van der Waals surface area contributed by atoms with Crippen LogP contribution in [0.4, 0.5) is 11.8 Å². The summed E-state index contributed by atoms with van der Waals surface area (Å²) in [6.07, 6.45) is 8.20. The fourth-order valence-corrected chi connectivity index (χ4v) is 3.58. The van der Waals surface area contributed by atoms with Crippen molar-refractivity contribution >= 4 is 17.7 Å². The molecule has 0 spiro atoms. The first-order valence-corrected chi connectivity index (χ1v) is 8.78. The number of carbonyl (C=O) groups excluding carboxylic acids is 1. The van der Waals surface area contributed by atoms with Gasteiger partial charge in [0, 0.05) is 25.4 Å². The second-order valence-corrected chi connectivity index (χ2v) is 7.09. The summed E-state index contributed by atoms with van der Waals surface area (Å²) in [6, 6.07) is 0.699. The molecule has 0 aromatic carbocycles. The van der Waals surface area contributed by atoms with Gasteiger partial charge in [0.15, 0.2) is 0 Å². The largest absolute Gasteiger partial charge is 0.381 e. The number of amides is 1. The van der Waals surface area contributed by atoms with Crippen molar-refractivity contribution in [1.29, 1.82) is 0 Å². The van der Waals surface area contributed by atoms with E-state index in [-0.39, 0.29) is 0 Å². The Bertz CT molecular complexity index is 580. The minimum atomic E-state index is -0.503. The molecule has 3 rings (SSSR count). The van der Waals surface area contributed by atoms with Gasteiger partial charge in [-0.1, -0.05) is 6.92 Å². The fourth-order valence-electron chi connectivity index (χ4n) is 3.58. The first-order chi connectivity index (χ1) is 11.5. The molecule has 132 valence electrons. The van der Waals surface area contributed by atoms with Crippen LogP contribution in [0.5, 0.6) is 0 Å². The van der Waals surface area contributed by atoms with Crippen molar-refractivity contribution in [2.45, 2.75) is 63.6 Å². The molecule has 0 saturated heterocycles. The molecule has 0 radical (unpaired) electrons. The molecule has 0 aliphatic heterocycles. The number of rotatable bonds is 6. The highest BCUT2D eigenvalue weighted by Gasteiger charge is 2.27. The van der Waals surface area contributed by atoms with Crippen molar-refractivity contribution in [2.24, 2.45) is 11.7 Å². The lowest BCUT2D eigenvalue weighted by Gasteiger charge is -2.34. The summed E-state index contributed by atoms with van der Waals surface area (Å²) in [7, 11) is 1.77. The van der Waals surface area contributed by atoms with Crippen LogP contribution in [0.2, 0.25) is 0 Å². The van der Waals surface area contributed by atoms with Crippen LogP contribution in [0.1, 0.15) is 55.8 Å². The van der Waals surface area contributed by atoms with E-state index < -0.39 is 5.91 Å². The van der Waals surface area contributed by atoms with E-state index in [1.54, 1.807) is 7.11 Å². The minimum absolute atomic E-state index is 0.340. The van der Waals surface area contributed by atoms with Crippen molar-refractivity contribution in [2.75, 3.05) is 17.7 Å². The van der Waals surface area contributed by atoms with Crippen LogP contribution in [-0.4, -0.2) is 41.2 Å². The molecule has 2 aliphatic rings. The predicted octanol–water partition coefficient (Wildman–Crippen LogP) is 2.16. The smallest absolute Gasteiger partial charge is 0.254 e. The quantitative estimate of drug-likeness (QED) is 0.737. The van der Waals surface area contributed by atoms with Crippen molar-refractivity contribution < 1.29 is 9.53 Å². The maximum atomic E-state index is 11.6. The van der Waals surface area contributed by atoms with E-state index in [1.165, 1.54) is 6.20 Å². The van der Waals surface area contributed by atoms with Gasteiger partial charge in [-0.05, 0) is 44.4 Å². The fraction of sp³-hybridized carbons (Fsp3) is 0.706.